The minimum Gasteiger partial charge on any atom is -0.504 e. The molecule has 0 atom stereocenters. The molecular weight excluding hydrogens is 216 g/mol. The van der Waals surface area contributed by atoms with Crippen LogP contribution in [-0.2, 0) is 6.42 Å². The van der Waals surface area contributed by atoms with Gasteiger partial charge >= 0.3 is 0 Å². The Morgan fingerprint density at radius 1 is 1.53 bits per heavy atom. The Kier molecular flexibility index (Phi) is 2.36. The van der Waals surface area contributed by atoms with Crippen molar-refractivity contribution in [2.24, 2.45) is 0 Å². The van der Waals surface area contributed by atoms with E-state index in [1.807, 2.05) is 6.92 Å². The highest BCUT2D eigenvalue weighted by Crippen LogP contribution is 2.20. The first kappa shape index (κ1) is 9.98. The van der Waals surface area contributed by atoms with Crippen LogP contribution in [0.1, 0.15) is 12.6 Å². The van der Waals surface area contributed by atoms with Gasteiger partial charge < -0.3 is 5.11 Å². The van der Waals surface area contributed by atoms with Gasteiger partial charge in [0.25, 0.3) is 5.56 Å². The van der Waals surface area contributed by atoms with Gasteiger partial charge in [-0.25, -0.2) is 4.98 Å². The van der Waals surface area contributed by atoms with Crippen molar-refractivity contribution in [3.8, 4) is 5.75 Å². The Labute approximate surface area is 90.8 Å². The first-order valence-electron chi connectivity index (χ1n) is 4.52. The summed E-state index contributed by atoms with van der Waals surface area (Å²) in [6, 6.07) is 2.80. The van der Waals surface area contributed by atoms with Crippen LogP contribution in [0.2, 0.25) is 5.02 Å². The number of aromatic hydroxyl groups is 1. The molecule has 2 rings (SSSR count). The summed E-state index contributed by atoms with van der Waals surface area (Å²) in [5.74, 6) is -0.0881. The fourth-order valence-electron chi connectivity index (χ4n) is 1.38. The molecule has 2 aromatic rings. The van der Waals surface area contributed by atoms with Crippen molar-refractivity contribution in [1.82, 2.24) is 9.38 Å². The summed E-state index contributed by atoms with van der Waals surface area (Å²) in [7, 11) is 0. The fourth-order valence-corrected chi connectivity index (χ4v) is 1.58. The quantitative estimate of drug-likeness (QED) is 0.801. The van der Waals surface area contributed by atoms with Crippen LogP contribution in [0.3, 0.4) is 0 Å². The summed E-state index contributed by atoms with van der Waals surface area (Å²) in [6.07, 6.45) is 2.08. The summed E-state index contributed by atoms with van der Waals surface area (Å²) in [5.41, 5.74) is 0.649. The highest BCUT2D eigenvalue weighted by molar-refractivity contribution is 6.30. The molecule has 0 aliphatic heterocycles. The molecule has 0 amide bonds. The van der Waals surface area contributed by atoms with E-state index in [9.17, 15) is 9.90 Å². The van der Waals surface area contributed by atoms with Gasteiger partial charge in [-0.05, 0) is 6.42 Å². The van der Waals surface area contributed by atoms with Crippen molar-refractivity contribution in [1.29, 1.82) is 0 Å². The third kappa shape index (κ3) is 1.68. The zero-order chi connectivity index (χ0) is 11.0. The van der Waals surface area contributed by atoms with Crippen LogP contribution in [0.15, 0.2) is 23.1 Å². The normalized spacial score (nSPS) is 10.8. The first-order chi connectivity index (χ1) is 7.11. The lowest BCUT2D eigenvalue weighted by atomic mass is 10.3. The monoisotopic (exact) mass is 224 g/mol. The van der Waals surface area contributed by atoms with Gasteiger partial charge in [0.2, 0.25) is 0 Å². The maximum Gasteiger partial charge on any atom is 0.258 e. The molecular formula is C10H9ClN2O2. The minimum absolute atomic E-state index is 0.0881. The molecule has 1 N–H and O–H groups in total. The Bertz CT molecular complexity index is 577. The van der Waals surface area contributed by atoms with Crippen molar-refractivity contribution in [2.75, 3.05) is 0 Å². The highest BCUT2D eigenvalue weighted by atomic mass is 35.5. The summed E-state index contributed by atoms with van der Waals surface area (Å²) in [4.78, 5) is 15.8. The smallest absolute Gasteiger partial charge is 0.258 e. The van der Waals surface area contributed by atoms with E-state index in [-0.39, 0.29) is 17.0 Å². The Hall–Kier alpha value is -1.55. The molecule has 0 aromatic carbocycles. The number of rotatable bonds is 1. The van der Waals surface area contributed by atoms with Crippen molar-refractivity contribution in [3.63, 3.8) is 0 Å². The van der Waals surface area contributed by atoms with Crippen LogP contribution >= 0.6 is 11.6 Å². The summed E-state index contributed by atoms with van der Waals surface area (Å²) in [6.45, 7) is 1.89. The number of fused-ring (bicyclic) bond motifs is 1. The molecule has 2 heterocycles. The Balaban J connectivity index is 2.91. The van der Waals surface area contributed by atoms with Gasteiger partial charge in [0.05, 0.1) is 5.02 Å². The third-order valence-corrected chi connectivity index (χ3v) is 2.33. The van der Waals surface area contributed by atoms with Crippen molar-refractivity contribution < 1.29 is 5.11 Å². The second-order valence-corrected chi connectivity index (χ2v) is 3.61. The maximum atomic E-state index is 11.6. The topological polar surface area (TPSA) is 54.6 Å². The number of halogens is 1. The van der Waals surface area contributed by atoms with Crippen LogP contribution in [0.4, 0.5) is 0 Å². The van der Waals surface area contributed by atoms with Crippen molar-refractivity contribution in [3.05, 3.63) is 39.4 Å². The number of hydrogen-bond acceptors (Lipinski definition) is 3. The van der Waals surface area contributed by atoms with E-state index in [0.29, 0.717) is 17.1 Å². The van der Waals surface area contributed by atoms with Gasteiger partial charge in [0.15, 0.2) is 11.4 Å². The second kappa shape index (κ2) is 3.55. The van der Waals surface area contributed by atoms with Crippen molar-refractivity contribution >= 4 is 17.2 Å². The molecule has 5 heteroatoms. The molecule has 0 radical (unpaired) electrons. The molecule has 0 spiro atoms. The SMILES string of the molecule is CCc1cc(=O)n2cc(Cl)cc(O)c2n1. The lowest BCUT2D eigenvalue weighted by Crippen LogP contribution is -2.15. The van der Waals surface area contributed by atoms with Gasteiger partial charge in [0.1, 0.15) is 0 Å². The third-order valence-electron chi connectivity index (χ3n) is 2.12. The van der Waals surface area contributed by atoms with Crippen LogP contribution in [0.25, 0.3) is 5.65 Å². The minimum atomic E-state index is -0.241. The number of pyridine rings is 1. The number of aromatic nitrogens is 2. The molecule has 0 aliphatic rings. The van der Waals surface area contributed by atoms with Crippen LogP contribution < -0.4 is 5.56 Å². The van der Waals surface area contributed by atoms with Crippen LogP contribution in [-0.4, -0.2) is 14.5 Å². The molecule has 0 saturated heterocycles. The maximum absolute atomic E-state index is 11.6. The van der Waals surface area contributed by atoms with E-state index < -0.39 is 0 Å². The molecule has 0 fully saturated rings. The van der Waals surface area contributed by atoms with E-state index in [1.165, 1.54) is 22.7 Å². The lowest BCUT2D eigenvalue weighted by molar-refractivity contribution is 0.476. The zero-order valence-corrected chi connectivity index (χ0v) is 8.82. The Morgan fingerprint density at radius 3 is 2.93 bits per heavy atom. The fraction of sp³-hybridized carbons (Fsp3) is 0.200. The standard InChI is InChI=1S/C10H9ClN2O2/c1-2-7-4-9(15)13-5-6(11)3-8(14)10(13)12-7/h3-5,14H,2H2,1H3. The van der Waals surface area contributed by atoms with Gasteiger partial charge in [-0.2, -0.15) is 0 Å². The van der Waals surface area contributed by atoms with Crippen LogP contribution in [0, 0.1) is 0 Å². The van der Waals surface area contributed by atoms with Crippen molar-refractivity contribution in [2.45, 2.75) is 13.3 Å². The molecule has 0 saturated carbocycles. The Morgan fingerprint density at radius 2 is 2.27 bits per heavy atom. The highest BCUT2D eigenvalue weighted by Gasteiger charge is 2.06. The molecule has 15 heavy (non-hydrogen) atoms. The van der Waals surface area contributed by atoms with E-state index >= 15 is 0 Å². The van der Waals surface area contributed by atoms with Gasteiger partial charge in [-0.3, -0.25) is 9.20 Å². The van der Waals surface area contributed by atoms with E-state index in [1.54, 1.807) is 0 Å². The summed E-state index contributed by atoms with van der Waals surface area (Å²) >= 11 is 5.72. The van der Waals surface area contributed by atoms with Gasteiger partial charge in [-0.1, -0.05) is 18.5 Å². The lowest BCUT2D eigenvalue weighted by Gasteiger charge is -2.04. The zero-order valence-electron chi connectivity index (χ0n) is 8.07. The average molecular weight is 225 g/mol. The largest absolute Gasteiger partial charge is 0.504 e. The first-order valence-corrected chi connectivity index (χ1v) is 4.90. The van der Waals surface area contributed by atoms with Gasteiger partial charge in [0, 0.05) is 24.0 Å². The number of aryl methyl sites for hydroxylation is 1. The average Bonchev–Trinajstić information content (AvgIpc) is 2.19. The summed E-state index contributed by atoms with van der Waals surface area (Å²) in [5, 5.41) is 9.89. The van der Waals surface area contributed by atoms with E-state index in [2.05, 4.69) is 4.98 Å². The van der Waals surface area contributed by atoms with E-state index in [4.69, 9.17) is 11.6 Å². The van der Waals surface area contributed by atoms with Crippen LogP contribution in [0.5, 0.6) is 5.75 Å². The number of nitrogens with zero attached hydrogens (tertiary/aromatic N) is 2. The predicted molar refractivity (Wildman–Crippen MR) is 57.5 cm³/mol. The predicted octanol–water partition coefficient (Wildman–Crippen LogP) is 1.62. The molecule has 0 aliphatic carbocycles. The molecule has 0 unspecified atom stereocenters. The molecule has 0 bridgehead atoms. The molecule has 4 nitrogen and oxygen atoms in total. The molecule has 2 aromatic heterocycles. The van der Waals surface area contributed by atoms with E-state index in [0.717, 1.165) is 0 Å². The molecule has 78 valence electrons. The number of hydrogen-bond donors (Lipinski definition) is 1. The second-order valence-electron chi connectivity index (χ2n) is 3.18. The summed E-state index contributed by atoms with van der Waals surface area (Å²) < 4.78 is 1.23. The van der Waals surface area contributed by atoms with Gasteiger partial charge in [-0.15, -0.1) is 0 Å².